The predicted octanol–water partition coefficient (Wildman–Crippen LogP) is 4.79. The van der Waals surface area contributed by atoms with E-state index in [0.717, 1.165) is 33.5 Å². The van der Waals surface area contributed by atoms with Crippen LogP contribution in [0, 0.1) is 0 Å². The van der Waals surface area contributed by atoms with Crippen LogP contribution in [0.2, 0.25) is 0 Å². The first-order chi connectivity index (χ1) is 14.1. The molecule has 3 aromatic heterocycles. The van der Waals surface area contributed by atoms with Crippen LogP contribution >= 0.6 is 11.3 Å². The van der Waals surface area contributed by atoms with Gasteiger partial charge in [0.05, 0.1) is 25.1 Å². The van der Waals surface area contributed by atoms with Crippen LogP contribution in [0.4, 0.5) is 5.69 Å². The van der Waals surface area contributed by atoms with Gasteiger partial charge in [0.2, 0.25) is 0 Å². The van der Waals surface area contributed by atoms with E-state index in [0.29, 0.717) is 15.4 Å². The number of fused-ring (bicyclic) bond motifs is 1. The normalized spacial score (nSPS) is 10.8. The second kappa shape index (κ2) is 7.89. The molecule has 0 saturated heterocycles. The number of pyridine rings is 2. The number of anilines is 1. The first kappa shape index (κ1) is 18.9. The van der Waals surface area contributed by atoms with Crippen LogP contribution in [0.15, 0.2) is 54.9 Å². The van der Waals surface area contributed by atoms with Crippen molar-refractivity contribution in [3.8, 4) is 28.1 Å². The summed E-state index contributed by atoms with van der Waals surface area (Å²) in [7, 11) is 1.63. The largest absolute Gasteiger partial charge is 0.497 e. The van der Waals surface area contributed by atoms with Crippen molar-refractivity contribution < 1.29 is 14.3 Å². The maximum atomic E-state index is 12.4. The Kier molecular flexibility index (Phi) is 5.14. The Labute approximate surface area is 171 Å². The maximum Gasteiger partial charge on any atom is 0.350 e. The highest BCUT2D eigenvalue weighted by molar-refractivity contribution is 7.21. The molecule has 0 amide bonds. The number of ether oxygens (including phenoxy) is 2. The third kappa shape index (κ3) is 3.52. The van der Waals surface area contributed by atoms with E-state index < -0.39 is 5.97 Å². The van der Waals surface area contributed by atoms with E-state index in [1.807, 2.05) is 42.5 Å². The molecule has 0 radical (unpaired) electrons. The monoisotopic (exact) mass is 405 g/mol. The summed E-state index contributed by atoms with van der Waals surface area (Å²) in [6.45, 7) is 2.05. The molecule has 0 spiro atoms. The Bertz CT molecular complexity index is 1170. The van der Waals surface area contributed by atoms with E-state index in [4.69, 9.17) is 20.2 Å². The molecular formula is C22H19N3O3S. The fourth-order valence-corrected chi connectivity index (χ4v) is 4.14. The summed E-state index contributed by atoms with van der Waals surface area (Å²) < 4.78 is 10.4. The molecule has 4 rings (SSSR count). The summed E-state index contributed by atoms with van der Waals surface area (Å²) in [5.41, 5.74) is 10.3. The molecule has 6 nitrogen and oxygen atoms in total. The van der Waals surface area contributed by atoms with Crippen LogP contribution in [0.5, 0.6) is 5.75 Å². The van der Waals surface area contributed by atoms with Crippen LogP contribution < -0.4 is 10.5 Å². The third-order valence-electron chi connectivity index (χ3n) is 4.52. The van der Waals surface area contributed by atoms with E-state index in [2.05, 4.69) is 4.98 Å². The molecule has 3 heterocycles. The second-order valence-electron chi connectivity index (χ2n) is 6.27. The standard InChI is InChI=1S/C22H19N3O3S/c1-3-28-22(26)20-19(23)18-16(13-6-8-15(27-2)9-7-13)11-17(25-21(18)29-20)14-5-4-10-24-12-14/h4-12H,3,23H2,1-2H3. The molecule has 0 saturated carbocycles. The number of carbonyl (C=O) groups excluding carboxylic acids is 1. The van der Waals surface area contributed by atoms with Gasteiger partial charge in [-0.1, -0.05) is 12.1 Å². The van der Waals surface area contributed by atoms with Crippen molar-refractivity contribution >= 4 is 33.2 Å². The van der Waals surface area contributed by atoms with Gasteiger partial charge in [-0.2, -0.15) is 0 Å². The van der Waals surface area contributed by atoms with Gasteiger partial charge in [0.15, 0.2) is 0 Å². The molecule has 4 aromatic rings. The van der Waals surface area contributed by atoms with Crippen LogP contribution in [-0.2, 0) is 4.74 Å². The van der Waals surface area contributed by atoms with Gasteiger partial charge in [-0.05, 0) is 48.4 Å². The van der Waals surface area contributed by atoms with Gasteiger partial charge in [-0.25, -0.2) is 9.78 Å². The lowest BCUT2D eigenvalue weighted by Gasteiger charge is -2.09. The lowest BCUT2D eigenvalue weighted by Crippen LogP contribution is -2.04. The van der Waals surface area contributed by atoms with Crippen molar-refractivity contribution in [2.75, 3.05) is 19.5 Å². The Morgan fingerprint density at radius 2 is 1.97 bits per heavy atom. The average molecular weight is 405 g/mol. The summed E-state index contributed by atoms with van der Waals surface area (Å²) >= 11 is 1.24. The van der Waals surface area contributed by atoms with Crippen molar-refractivity contribution in [3.05, 3.63) is 59.7 Å². The zero-order valence-corrected chi connectivity index (χ0v) is 16.8. The zero-order valence-electron chi connectivity index (χ0n) is 16.0. The molecule has 0 aliphatic carbocycles. The fourth-order valence-electron chi connectivity index (χ4n) is 3.13. The van der Waals surface area contributed by atoms with Crippen molar-refractivity contribution in [3.63, 3.8) is 0 Å². The van der Waals surface area contributed by atoms with E-state index in [9.17, 15) is 4.79 Å². The van der Waals surface area contributed by atoms with Gasteiger partial charge in [-0.3, -0.25) is 4.98 Å². The summed E-state index contributed by atoms with van der Waals surface area (Å²) in [5, 5.41) is 0.746. The molecule has 0 aliphatic rings. The lowest BCUT2D eigenvalue weighted by atomic mass is 10.00. The molecule has 2 N–H and O–H groups in total. The van der Waals surface area contributed by atoms with Crippen LogP contribution in [-0.4, -0.2) is 29.7 Å². The molecule has 0 bridgehead atoms. The Hall–Kier alpha value is -3.45. The highest BCUT2D eigenvalue weighted by Crippen LogP contribution is 2.41. The van der Waals surface area contributed by atoms with Crippen molar-refractivity contribution in [1.29, 1.82) is 0 Å². The number of aromatic nitrogens is 2. The van der Waals surface area contributed by atoms with Gasteiger partial charge >= 0.3 is 5.97 Å². The number of benzene rings is 1. The lowest BCUT2D eigenvalue weighted by molar-refractivity contribution is 0.0533. The summed E-state index contributed by atoms with van der Waals surface area (Å²) in [6, 6.07) is 13.5. The molecule has 29 heavy (non-hydrogen) atoms. The van der Waals surface area contributed by atoms with Gasteiger partial charge in [0.1, 0.15) is 15.5 Å². The summed E-state index contributed by atoms with van der Waals surface area (Å²) in [6.07, 6.45) is 3.48. The predicted molar refractivity (Wildman–Crippen MR) is 115 cm³/mol. The van der Waals surface area contributed by atoms with Gasteiger partial charge in [0, 0.05) is 23.3 Å². The highest BCUT2D eigenvalue weighted by Gasteiger charge is 2.22. The number of methoxy groups -OCH3 is 1. The summed E-state index contributed by atoms with van der Waals surface area (Å²) in [4.78, 5) is 22.4. The third-order valence-corrected chi connectivity index (χ3v) is 5.60. The molecule has 146 valence electrons. The number of nitrogens with zero attached hydrogens (tertiary/aromatic N) is 2. The minimum atomic E-state index is -0.434. The van der Waals surface area contributed by atoms with Crippen molar-refractivity contribution in [1.82, 2.24) is 9.97 Å². The molecular weight excluding hydrogens is 386 g/mol. The number of esters is 1. The molecule has 7 heteroatoms. The van der Waals surface area contributed by atoms with E-state index in [1.54, 1.807) is 26.4 Å². The number of nitrogen functional groups attached to an aromatic ring is 1. The zero-order chi connectivity index (χ0) is 20.4. The topological polar surface area (TPSA) is 87.3 Å². The van der Waals surface area contributed by atoms with Crippen LogP contribution in [0.1, 0.15) is 16.6 Å². The smallest absolute Gasteiger partial charge is 0.350 e. The average Bonchev–Trinajstić information content (AvgIpc) is 3.10. The number of thiophene rings is 1. The first-order valence-electron chi connectivity index (χ1n) is 9.07. The van der Waals surface area contributed by atoms with Gasteiger partial charge in [0.25, 0.3) is 0 Å². The molecule has 0 fully saturated rings. The SMILES string of the molecule is CCOC(=O)c1sc2nc(-c3cccnc3)cc(-c3ccc(OC)cc3)c2c1N. The Balaban J connectivity index is 1.98. The van der Waals surface area contributed by atoms with E-state index in [1.165, 1.54) is 11.3 Å². The Morgan fingerprint density at radius 1 is 1.17 bits per heavy atom. The number of hydrogen-bond acceptors (Lipinski definition) is 7. The van der Waals surface area contributed by atoms with Crippen molar-refractivity contribution in [2.45, 2.75) is 6.92 Å². The maximum absolute atomic E-state index is 12.4. The quantitative estimate of drug-likeness (QED) is 0.480. The minimum Gasteiger partial charge on any atom is -0.497 e. The highest BCUT2D eigenvalue weighted by atomic mass is 32.1. The number of nitrogens with two attached hydrogens (primary N) is 1. The second-order valence-corrected chi connectivity index (χ2v) is 7.27. The van der Waals surface area contributed by atoms with E-state index in [-0.39, 0.29) is 6.61 Å². The first-order valence-corrected chi connectivity index (χ1v) is 9.89. The van der Waals surface area contributed by atoms with Gasteiger partial charge in [-0.15, -0.1) is 11.3 Å². The van der Waals surface area contributed by atoms with Crippen LogP contribution in [0.3, 0.4) is 0 Å². The fraction of sp³-hybridized carbons (Fsp3) is 0.136. The minimum absolute atomic E-state index is 0.284. The van der Waals surface area contributed by atoms with E-state index >= 15 is 0 Å². The number of rotatable bonds is 5. The van der Waals surface area contributed by atoms with Crippen molar-refractivity contribution in [2.24, 2.45) is 0 Å². The molecule has 0 unspecified atom stereocenters. The van der Waals surface area contributed by atoms with Gasteiger partial charge < -0.3 is 15.2 Å². The molecule has 0 atom stereocenters. The van der Waals surface area contributed by atoms with Crippen LogP contribution in [0.25, 0.3) is 32.6 Å². The Morgan fingerprint density at radius 3 is 2.62 bits per heavy atom. The number of hydrogen-bond donors (Lipinski definition) is 1. The summed E-state index contributed by atoms with van der Waals surface area (Å²) in [5.74, 6) is 0.327. The molecule has 1 aromatic carbocycles. The molecule has 0 aliphatic heterocycles. The number of carbonyl (C=O) groups is 1.